The number of benzene rings is 1. The predicted octanol–water partition coefficient (Wildman–Crippen LogP) is 3.57. The molecule has 1 atom stereocenters. The Morgan fingerprint density at radius 3 is 3.00 bits per heavy atom. The second-order valence-corrected chi connectivity index (χ2v) is 6.24. The average Bonchev–Trinajstić information content (AvgIpc) is 3.06. The second-order valence-electron chi connectivity index (χ2n) is 5.00. The number of carboxylic acids is 1. The molecule has 0 saturated heterocycles. The highest BCUT2D eigenvalue weighted by molar-refractivity contribution is 7.18. The van der Waals surface area contributed by atoms with Crippen LogP contribution in [0.2, 0.25) is 0 Å². The van der Waals surface area contributed by atoms with Crippen molar-refractivity contribution in [2.75, 3.05) is 0 Å². The van der Waals surface area contributed by atoms with Crippen molar-refractivity contribution in [3.8, 4) is 0 Å². The van der Waals surface area contributed by atoms with E-state index in [0.717, 1.165) is 28.9 Å². The molecule has 1 aromatic heterocycles. The number of carbonyl (C=O) groups is 1. The van der Waals surface area contributed by atoms with Gasteiger partial charge in [0.25, 0.3) is 0 Å². The van der Waals surface area contributed by atoms with Gasteiger partial charge in [0.15, 0.2) is 0 Å². The van der Waals surface area contributed by atoms with Crippen molar-refractivity contribution in [1.29, 1.82) is 0 Å². The van der Waals surface area contributed by atoms with Crippen LogP contribution in [0.4, 0.5) is 0 Å². The summed E-state index contributed by atoms with van der Waals surface area (Å²) < 4.78 is 1.18. The zero-order valence-corrected chi connectivity index (χ0v) is 11.0. The van der Waals surface area contributed by atoms with Gasteiger partial charge in [0.05, 0.1) is 21.6 Å². The Bertz CT molecular complexity index is 601. The van der Waals surface area contributed by atoms with E-state index in [1.165, 1.54) is 4.70 Å². The number of aliphatic carboxylic acids is 1. The van der Waals surface area contributed by atoms with E-state index in [2.05, 4.69) is 23.2 Å². The van der Waals surface area contributed by atoms with Crippen molar-refractivity contribution in [1.82, 2.24) is 4.98 Å². The van der Waals surface area contributed by atoms with E-state index in [4.69, 9.17) is 5.11 Å². The van der Waals surface area contributed by atoms with E-state index >= 15 is 0 Å². The minimum Gasteiger partial charge on any atom is -0.481 e. The normalized spacial score (nSPS) is 16.9. The van der Waals surface area contributed by atoms with E-state index in [0.29, 0.717) is 5.92 Å². The molecule has 0 amide bonds. The highest BCUT2D eigenvalue weighted by Gasteiger charge is 2.33. The number of carboxylic acid groups (broad SMARTS) is 1. The maximum Gasteiger partial charge on any atom is 0.303 e. The molecule has 3 nitrogen and oxygen atoms in total. The Balaban J connectivity index is 1.97. The Morgan fingerprint density at radius 1 is 1.56 bits per heavy atom. The number of aryl methyl sites for hydroxylation is 1. The van der Waals surface area contributed by atoms with E-state index in [-0.39, 0.29) is 12.3 Å². The summed E-state index contributed by atoms with van der Waals surface area (Å²) in [5.74, 6) is 0.00800. The fraction of sp³-hybridized carbons (Fsp3) is 0.429. The topological polar surface area (TPSA) is 50.2 Å². The Morgan fingerprint density at radius 2 is 2.33 bits per heavy atom. The van der Waals surface area contributed by atoms with Crippen LogP contribution in [0.3, 0.4) is 0 Å². The smallest absolute Gasteiger partial charge is 0.303 e. The van der Waals surface area contributed by atoms with Crippen LogP contribution in [0.15, 0.2) is 18.2 Å². The van der Waals surface area contributed by atoms with Crippen LogP contribution in [0.1, 0.15) is 35.8 Å². The molecule has 0 aliphatic heterocycles. The lowest BCUT2D eigenvalue weighted by Gasteiger charge is -2.14. The maximum absolute atomic E-state index is 11.0. The summed E-state index contributed by atoms with van der Waals surface area (Å²) in [6.07, 6.45) is 2.55. The first-order chi connectivity index (χ1) is 8.63. The molecule has 94 valence electrons. The third-order valence-electron chi connectivity index (χ3n) is 3.53. The fourth-order valence-electron chi connectivity index (χ4n) is 2.53. The molecule has 1 unspecified atom stereocenters. The zero-order chi connectivity index (χ0) is 12.7. The first-order valence-electron chi connectivity index (χ1n) is 6.22. The van der Waals surface area contributed by atoms with Gasteiger partial charge in [-0.1, -0.05) is 6.07 Å². The van der Waals surface area contributed by atoms with Gasteiger partial charge in [-0.2, -0.15) is 0 Å². The van der Waals surface area contributed by atoms with Gasteiger partial charge in [-0.25, -0.2) is 4.98 Å². The first-order valence-corrected chi connectivity index (χ1v) is 7.04. The number of thiazole rings is 1. The molecule has 1 heterocycles. The monoisotopic (exact) mass is 261 g/mol. The summed E-state index contributed by atoms with van der Waals surface area (Å²) in [5.41, 5.74) is 2.14. The van der Waals surface area contributed by atoms with Gasteiger partial charge in [0.2, 0.25) is 0 Å². The van der Waals surface area contributed by atoms with E-state index < -0.39 is 5.97 Å². The average molecular weight is 261 g/mol. The predicted molar refractivity (Wildman–Crippen MR) is 72.1 cm³/mol. The van der Waals surface area contributed by atoms with Crippen LogP contribution in [0.5, 0.6) is 0 Å². The Kier molecular flexibility index (Phi) is 2.82. The van der Waals surface area contributed by atoms with Crippen molar-refractivity contribution in [3.63, 3.8) is 0 Å². The van der Waals surface area contributed by atoms with Crippen LogP contribution in [0.25, 0.3) is 10.2 Å². The summed E-state index contributed by atoms with van der Waals surface area (Å²) in [6, 6.07) is 6.23. The summed E-state index contributed by atoms with van der Waals surface area (Å²) >= 11 is 1.68. The van der Waals surface area contributed by atoms with Gasteiger partial charge >= 0.3 is 5.97 Å². The summed E-state index contributed by atoms with van der Waals surface area (Å²) in [7, 11) is 0. The van der Waals surface area contributed by atoms with Gasteiger partial charge < -0.3 is 5.11 Å². The summed E-state index contributed by atoms with van der Waals surface area (Å²) in [6.45, 7) is 2.00. The number of aromatic nitrogens is 1. The van der Waals surface area contributed by atoms with Crippen LogP contribution in [-0.4, -0.2) is 16.1 Å². The molecule has 1 aliphatic rings. The minimum atomic E-state index is -0.707. The molecule has 3 rings (SSSR count). The standard InChI is InChI=1S/C14H15NO2S/c1-8-15-12-6-10(4-5-13(12)18-8)11(7-14(16)17)9-2-3-9/h4-6,9,11H,2-3,7H2,1H3,(H,16,17). The second kappa shape index (κ2) is 4.35. The maximum atomic E-state index is 11.0. The summed E-state index contributed by atoms with van der Waals surface area (Å²) in [5, 5.41) is 10.1. The van der Waals surface area contributed by atoms with Gasteiger partial charge in [-0.3, -0.25) is 4.79 Å². The van der Waals surface area contributed by atoms with Crippen molar-refractivity contribution in [2.24, 2.45) is 5.92 Å². The molecule has 0 spiro atoms. The van der Waals surface area contributed by atoms with Gasteiger partial charge in [-0.05, 0) is 49.3 Å². The summed E-state index contributed by atoms with van der Waals surface area (Å²) in [4.78, 5) is 15.5. The molecule has 0 bridgehead atoms. The molecular formula is C14H15NO2S. The van der Waals surface area contributed by atoms with E-state index in [9.17, 15) is 4.79 Å². The van der Waals surface area contributed by atoms with Gasteiger partial charge in [0, 0.05) is 0 Å². The number of fused-ring (bicyclic) bond motifs is 1. The fourth-order valence-corrected chi connectivity index (χ4v) is 3.34. The van der Waals surface area contributed by atoms with Crippen LogP contribution >= 0.6 is 11.3 Å². The molecule has 2 aromatic rings. The lowest BCUT2D eigenvalue weighted by Crippen LogP contribution is -2.08. The van der Waals surface area contributed by atoms with Crippen molar-refractivity contribution >= 4 is 27.5 Å². The van der Waals surface area contributed by atoms with Gasteiger partial charge in [0.1, 0.15) is 0 Å². The number of rotatable bonds is 4. The van der Waals surface area contributed by atoms with Crippen molar-refractivity contribution in [2.45, 2.75) is 32.1 Å². The van der Waals surface area contributed by atoms with Crippen LogP contribution < -0.4 is 0 Å². The van der Waals surface area contributed by atoms with E-state index in [1.54, 1.807) is 11.3 Å². The lowest BCUT2D eigenvalue weighted by atomic mass is 9.91. The van der Waals surface area contributed by atoms with Crippen LogP contribution in [-0.2, 0) is 4.79 Å². The van der Waals surface area contributed by atoms with Crippen molar-refractivity contribution in [3.05, 3.63) is 28.8 Å². The number of hydrogen-bond acceptors (Lipinski definition) is 3. The third-order valence-corrected chi connectivity index (χ3v) is 4.48. The van der Waals surface area contributed by atoms with Gasteiger partial charge in [-0.15, -0.1) is 11.3 Å². The number of nitrogens with zero attached hydrogens (tertiary/aromatic N) is 1. The largest absolute Gasteiger partial charge is 0.481 e. The molecule has 0 radical (unpaired) electrons. The molecule has 1 aromatic carbocycles. The molecule has 18 heavy (non-hydrogen) atoms. The molecule has 4 heteroatoms. The first kappa shape index (κ1) is 11.7. The highest BCUT2D eigenvalue weighted by atomic mass is 32.1. The number of hydrogen-bond donors (Lipinski definition) is 1. The third kappa shape index (κ3) is 2.25. The zero-order valence-electron chi connectivity index (χ0n) is 10.2. The molecular weight excluding hydrogens is 246 g/mol. The molecule has 1 aliphatic carbocycles. The van der Waals surface area contributed by atoms with Crippen LogP contribution in [0, 0.1) is 12.8 Å². The van der Waals surface area contributed by atoms with E-state index in [1.807, 2.05) is 6.92 Å². The lowest BCUT2D eigenvalue weighted by molar-refractivity contribution is -0.137. The van der Waals surface area contributed by atoms with Crippen molar-refractivity contribution < 1.29 is 9.90 Å². The SMILES string of the molecule is Cc1nc2cc(C(CC(=O)O)C3CC3)ccc2s1. The Labute approximate surface area is 109 Å². The molecule has 1 saturated carbocycles. The Hall–Kier alpha value is -1.42. The molecule has 1 N–H and O–H groups in total. The molecule has 1 fully saturated rings. The minimum absolute atomic E-state index is 0.161. The quantitative estimate of drug-likeness (QED) is 0.915. The highest BCUT2D eigenvalue weighted by Crippen LogP contribution is 2.45.